The van der Waals surface area contributed by atoms with Crippen LogP contribution >= 0.6 is 11.3 Å². The molecule has 0 unspecified atom stereocenters. The van der Waals surface area contributed by atoms with Gasteiger partial charge in [-0.3, -0.25) is 0 Å². The molecule has 3 heterocycles. The van der Waals surface area contributed by atoms with Crippen LogP contribution in [0.3, 0.4) is 0 Å². The predicted molar refractivity (Wildman–Crippen MR) is 124 cm³/mol. The third kappa shape index (κ3) is 3.93. The first-order chi connectivity index (χ1) is 16.2. The molecule has 34 heavy (non-hydrogen) atoms. The molecule has 2 aromatic heterocycles. The number of H-pyrrole nitrogens is 1. The fourth-order valence-electron chi connectivity index (χ4n) is 3.72. The van der Waals surface area contributed by atoms with Crippen molar-refractivity contribution in [2.75, 3.05) is 25.4 Å². The molecule has 1 aliphatic heterocycles. The monoisotopic (exact) mass is 522 g/mol. The number of sulfonamides is 1. The number of hydrogen-bond acceptors (Lipinski definition) is 12. The molecule has 13 nitrogen and oxygen atoms in total. The van der Waals surface area contributed by atoms with E-state index in [-0.39, 0.29) is 31.0 Å². The van der Waals surface area contributed by atoms with Crippen molar-refractivity contribution in [2.24, 2.45) is 0 Å². The fraction of sp³-hybridized carbons (Fsp3) is 0.222. The molecular weight excluding hydrogens is 504 g/mol. The second kappa shape index (κ2) is 8.33. The lowest BCUT2D eigenvalue weighted by molar-refractivity contribution is -0.00397. The number of hydrogen-bond donors (Lipinski definition) is 6. The molecule has 0 bridgehead atoms. The van der Waals surface area contributed by atoms with Crippen LogP contribution in [-0.4, -0.2) is 72.8 Å². The molecular formula is C18H18N8O5S3. The van der Waals surface area contributed by atoms with E-state index in [0.29, 0.717) is 21.8 Å². The van der Waals surface area contributed by atoms with Gasteiger partial charge in [0.2, 0.25) is 15.8 Å². The van der Waals surface area contributed by atoms with Gasteiger partial charge >= 0.3 is 0 Å². The minimum Gasteiger partial charge on any atom is -0.386 e. The van der Waals surface area contributed by atoms with Crippen LogP contribution in [0.5, 0.6) is 0 Å². The zero-order chi connectivity index (χ0) is 24.1. The maximum atomic E-state index is 13.1. The van der Waals surface area contributed by atoms with E-state index < -0.39 is 36.1 Å². The second-order valence-corrected chi connectivity index (χ2v) is 11.4. The summed E-state index contributed by atoms with van der Waals surface area (Å²) in [6.07, 6.45) is 0. The van der Waals surface area contributed by atoms with E-state index in [1.54, 1.807) is 12.1 Å². The standard InChI is InChI=1S/C18H18N8O5S3/c19-17-22-14-10(2-1-3-11(14)32-17)9-4-5-12(34(30,31)21-8-18(27)6-20-7-18)15(33(28)29)13(9)16-23-25-26-24-16/h1-5,20-21,27,33H,6-8H2,(H2,19,22)(H,23,24,25,26). The van der Waals surface area contributed by atoms with Crippen LogP contribution in [0.15, 0.2) is 40.1 Å². The van der Waals surface area contributed by atoms with Crippen molar-refractivity contribution >= 4 is 47.4 Å². The zero-order valence-corrected chi connectivity index (χ0v) is 19.7. The average Bonchev–Trinajstić information content (AvgIpc) is 3.44. The van der Waals surface area contributed by atoms with Gasteiger partial charge in [-0.05, 0) is 22.9 Å². The Morgan fingerprint density at radius 3 is 2.65 bits per heavy atom. The Bertz CT molecular complexity index is 1570. The first-order valence-electron chi connectivity index (χ1n) is 9.82. The van der Waals surface area contributed by atoms with Crippen LogP contribution in [0.4, 0.5) is 5.13 Å². The highest BCUT2D eigenvalue weighted by Gasteiger charge is 2.36. The fourth-order valence-corrected chi connectivity index (χ4v) is 6.94. The number of rotatable bonds is 7. The van der Waals surface area contributed by atoms with E-state index in [0.717, 1.165) is 4.70 Å². The number of nitrogen functional groups attached to an aromatic ring is 1. The second-order valence-electron chi connectivity index (χ2n) is 7.68. The summed E-state index contributed by atoms with van der Waals surface area (Å²) in [5.74, 6) is -0.108. The molecule has 178 valence electrons. The summed E-state index contributed by atoms with van der Waals surface area (Å²) >= 11 is 1.26. The van der Waals surface area contributed by atoms with Crippen LogP contribution in [0.1, 0.15) is 0 Å². The van der Waals surface area contributed by atoms with Gasteiger partial charge in [-0.15, -0.1) is 10.2 Å². The van der Waals surface area contributed by atoms with Gasteiger partial charge < -0.3 is 16.2 Å². The quantitative estimate of drug-likeness (QED) is 0.167. The largest absolute Gasteiger partial charge is 0.386 e. The van der Waals surface area contributed by atoms with Crippen molar-refractivity contribution < 1.29 is 21.9 Å². The topological polar surface area (TPSA) is 206 Å². The SMILES string of the molecule is Nc1nc2c(-c3ccc(S(=O)(=O)NCC4(O)CNC4)c([SH](=O)=O)c3-c3nn[nH]n3)cccc2s1. The molecule has 1 aliphatic rings. The molecule has 4 aromatic rings. The molecule has 0 radical (unpaired) electrons. The van der Waals surface area contributed by atoms with Gasteiger partial charge in [-0.2, -0.15) is 5.21 Å². The van der Waals surface area contributed by atoms with E-state index in [1.165, 1.54) is 23.5 Å². The molecule has 0 atom stereocenters. The number of benzene rings is 2. The maximum Gasteiger partial charge on any atom is 0.241 e. The summed E-state index contributed by atoms with van der Waals surface area (Å²) in [5, 5.41) is 27.0. The minimum absolute atomic E-state index is 0.0455. The van der Waals surface area contributed by atoms with Gasteiger partial charge in [0.15, 0.2) is 15.8 Å². The molecule has 16 heteroatoms. The van der Waals surface area contributed by atoms with Crippen LogP contribution in [0, 0.1) is 0 Å². The number of thiol groups is 1. The summed E-state index contributed by atoms with van der Waals surface area (Å²) in [7, 11) is -7.77. The van der Waals surface area contributed by atoms with Crippen molar-refractivity contribution in [2.45, 2.75) is 15.4 Å². The molecule has 0 saturated carbocycles. The number of nitrogens with zero attached hydrogens (tertiary/aromatic N) is 4. The lowest BCUT2D eigenvalue weighted by atomic mass is 9.98. The number of aliphatic hydroxyl groups is 1. The van der Waals surface area contributed by atoms with E-state index in [4.69, 9.17) is 5.73 Å². The Kier molecular flexibility index (Phi) is 5.58. The Labute approximate surface area is 198 Å². The number of β-amino-alcohol motifs (C(OH)–C–C–N with tert-alkyl or cyclic N) is 1. The summed E-state index contributed by atoms with van der Waals surface area (Å²) in [5.41, 5.74) is 5.97. The van der Waals surface area contributed by atoms with Gasteiger partial charge in [0, 0.05) is 25.2 Å². The van der Waals surface area contributed by atoms with Gasteiger partial charge in [-0.1, -0.05) is 29.5 Å². The Hall–Kier alpha value is -3.02. The van der Waals surface area contributed by atoms with Crippen molar-refractivity contribution in [1.82, 2.24) is 35.6 Å². The Morgan fingerprint density at radius 1 is 1.21 bits per heavy atom. The van der Waals surface area contributed by atoms with Crippen molar-refractivity contribution in [3.8, 4) is 22.5 Å². The number of aromatic amines is 1. The van der Waals surface area contributed by atoms with E-state index >= 15 is 0 Å². The average molecular weight is 523 g/mol. The number of nitrogens with two attached hydrogens (primary N) is 1. The van der Waals surface area contributed by atoms with Gasteiger partial charge in [-0.25, -0.2) is 26.5 Å². The smallest absolute Gasteiger partial charge is 0.241 e. The lowest BCUT2D eigenvalue weighted by Gasteiger charge is -2.37. The van der Waals surface area contributed by atoms with Crippen LogP contribution in [-0.2, 0) is 20.7 Å². The molecule has 0 amide bonds. The lowest BCUT2D eigenvalue weighted by Crippen LogP contribution is -2.64. The summed E-state index contributed by atoms with van der Waals surface area (Å²) in [6.45, 7) is 0.145. The normalized spacial score (nSPS) is 15.6. The molecule has 1 fully saturated rings. The first kappa shape index (κ1) is 22.8. The predicted octanol–water partition coefficient (Wildman–Crippen LogP) is -0.692. The number of anilines is 1. The zero-order valence-electron chi connectivity index (χ0n) is 17.2. The number of thiazole rings is 1. The molecule has 0 aliphatic carbocycles. The minimum atomic E-state index is -4.34. The van der Waals surface area contributed by atoms with Gasteiger partial charge in [0.05, 0.1) is 20.7 Å². The third-order valence-electron chi connectivity index (χ3n) is 5.41. The summed E-state index contributed by atoms with van der Waals surface area (Å²) in [4.78, 5) is 3.35. The van der Waals surface area contributed by atoms with Gasteiger partial charge in [0.25, 0.3) is 0 Å². The number of nitrogens with one attached hydrogen (secondary N) is 3. The van der Waals surface area contributed by atoms with Crippen molar-refractivity contribution in [1.29, 1.82) is 0 Å². The molecule has 2 aromatic carbocycles. The summed E-state index contributed by atoms with van der Waals surface area (Å²) in [6, 6.07) is 7.95. The number of aromatic nitrogens is 5. The molecule has 5 rings (SSSR count). The number of fused-ring (bicyclic) bond motifs is 1. The number of tetrazole rings is 1. The van der Waals surface area contributed by atoms with Gasteiger partial charge in [0.1, 0.15) is 10.5 Å². The molecule has 6 N–H and O–H groups in total. The Balaban J connectivity index is 1.74. The maximum absolute atomic E-state index is 13.1. The van der Waals surface area contributed by atoms with E-state index in [2.05, 4.69) is 35.6 Å². The third-order valence-corrected chi connectivity index (χ3v) is 8.68. The van der Waals surface area contributed by atoms with E-state index in [1.807, 2.05) is 6.07 Å². The number of para-hydroxylation sites is 1. The van der Waals surface area contributed by atoms with E-state index in [9.17, 15) is 21.9 Å². The molecule has 1 saturated heterocycles. The van der Waals surface area contributed by atoms with Crippen LogP contribution in [0.25, 0.3) is 32.7 Å². The van der Waals surface area contributed by atoms with Crippen molar-refractivity contribution in [3.63, 3.8) is 0 Å². The van der Waals surface area contributed by atoms with Crippen LogP contribution in [0.2, 0.25) is 0 Å². The highest BCUT2D eigenvalue weighted by molar-refractivity contribution is 7.90. The first-order valence-corrected chi connectivity index (χ1v) is 13.3. The highest BCUT2D eigenvalue weighted by Crippen LogP contribution is 2.41. The Morgan fingerprint density at radius 2 is 2.00 bits per heavy atom. The summed E-state index contributed by atoms with van der Waals surface area (Å²) < 4.78 is 54.3. The molecule has 0 spiro atoms. The van der Waals surface area contributed by atoms with Crippen LogP contribution < -0.4 is 15.8 Å². The van der Waals surface area contributed by atoms with Crippen molar-refractivity contribution in [3.05, 3.63) is 30.3 Å². The highest BCUT2D eigenvalue weighted by atomic mass is 32.2.